The molecule has 3 rings (SSSR count). The zero-order valence-corrected chi connectivity index (χ0v) is 12.3. The van der Waals surface area contributed by atoms with Crippen molar-refractivity contribution in [2.24, 2.45) is 0 Å². The largest absolute Gasteiger partial charge is 0.436 e. The van der Waals surface area contributed by atoms with Gasteiger partial charge in [0.25, 0.3) is 0 Å². The average Bonchev–Trinajstić information content (AvgIpc) is 2.99. The fourth-order valence-corrected chi connectivity index (χ4v) is 2.86. The first kappa shape index (κ1) is 12.9. The number of ether oxygens (including phenoxy) is 1. The highest BCUT2D eigenvalue weighted by atomic mass is 32.1. The quantitative estimate of drug-likeness (QED) is 0.685. The van der Waals surface area contributed by atoms with E-state index in [1.165, 1.54) is 11.3 Å². The van der Waals surface area contributed by atoms with Crippen molar-refractivity contribution in [1.82, 2.24) is 9.38 Å². The minimum Gasteiger partial charge on any atom is -0.436 e. The fourth-order valence-electron chi connectivity index (χ4n) is 2.14. The van der Waals surface area contributed by atoms with E-state index in [9.17, 15) is 4.79 Å². The van der Waals surface area contributed by atoms with Crippen LogP contribution in [0.2, 0.25) is 0 Å². The van der Waals surface area contributed by atoms with Gasteiger partial charge in [0, 0.05) is 11.6 Å². The molecule has 5 heteroatoms. The molecule has 0 radical (unpaired) electrons. The van der Waals surface area contributed by atoms with Crippen LogP contribution in [0.5, 0.6) is 11.6 Å². The molecule has 102 valence electrons. The Bertz CT molecular complexity index is 802. The molecule has 0 spiro atoms. The molecule has 0 aliphatic heterocycles. The van der Waals surface area contributed by atoms with Gasteiger partial charge in [-0.15, -0.1) is 11.3 Å². The number of benzene rings is 1. The van der Waals surface area contributed by atoms with Crippen molar-refractivity contribution >= 4 is 22.6 Å². The molecule has 0 fully saturated rings. The maximum atomic E-state index is 11.3. The van der Waals surface area contributed by atoms with Crippen LogP contribution in [-0.2, 0) is 0 Å². The van der Waals surface area contributed by atoms with Crippen LogP contribution in [0.4, 0.5) is 0 Å². The lowest BCUT2D eigenvalue weighted by Crippen LogP contribution is -1.96. The number of aldehydes is 1. The number of fused-ring (bicyclic) bond motifs is 1. The summed E-state index contributed by atoms with van der Waals surface area (Å²) in [5.74, 6) is 1.14. The number of hydrogen-bond acceptors (Lipinski definition) is 4. The molecular weight excluding hydrogens is 272 g/mol. The van der Waals surface area contributed by atoms with Gasteiger partial charge in [-0.1, -0.05) is 12.1 Å². The zero-order valence-electron chi connectivity index (χ0n) is 11.5. The van der Waals surface area contributed by atoms with E-state index in [0.29, 0.717) is 11.6 Å². The minimum absolute atomic E-state index is 0.364. The van der Waals surface area contributed by atoms with Crippen LogP contribution < -0.4 is 4.74 Å². The molecule has 0 bridgehead atoms. The van der Waals surface area contributed by atoms with Crippen molar-refractivity contribution in [3.05, 3.63) is 46.1 Å². The lowest BCUT2D eigenvalue weighted by Gasteiger charge is -2.12. The monoisotopic (exact) mass is 286 g/mol. The lowest BCUT2D eigenvalue weighted by atomic mass is 10.1. The number of thiazole rings is 1. The Balaban J connectivity index is 2.12. The zero-order chi connectivity index (χ0) is 14.3. The molecule has 0 unspecified atom stereocenters. The Kier molecular flexibility index (Phi) is 3.06. The molecule has 0 N–H and O–H groups in total. The predicted octanol–water partition coefficient (Wildman–Crippen LogP) is 3.93. The summed E-state index contributed by atoms with van der Waals surface area (Å²) in [6, 6.07) is 4.07. The van der Waals surface area contributed by atoms with Gasteiger partial charge in [0.05, 0.1) is 0 Å². The van der Waals surface area contributed by atoms with Crippen LogP contribution in [0.15, 0.2) is 23.7 Å². The highest BCUT2D eigenvalue weighted by molar-refractivity contribution is 7.15. The van der Waals surface area contributed by atoms with E-state index < -0.39 is 0 Å². The molecule has 0 saturated heterocycles. The molecule has 0 amide bonds. The highest BCUT2D eigenvalue weighted by Gasteiger charge is 2.16. The number of aryl methyl sites for hydroxylation is 2. The topological polar surface area (TPSA) is 43.6 Å². The van der Waals surface area contributed by atoms with Crippen molar-refractivity contribution in [1.29, 1.82) is 0 Å². The number of carbonyl (C=O) groups is 1. The summed E-state index contributed by atoms with van der Waals surface area (Å²) in [6.07, 6.45) is 2.60. The van der Waals surface area contributed by atoms with Gasteiger partial charge in [-0.2, -0.15) is 4.98 Å². The van der Waals surface area contributed by atoms with Gasteiger partial charge in [0.1, 0.15) is 5.75 Å². The molecule has 0 aliphatic carbocycles. The number of imidazole rings is 1. The van der Waals surface area contributed by atoms with Gasteiger partial charge >= 0.3 is 0 Å². The van der Waals surface area contributed by atoms with Crippen LogP contribution in [0.1, 0.15) is 27.2 Å². The molecule has 20 heavy (non-hydrogen) atoms. The maximum absolute atomic E-state index is 11.3. The summed E-state index contributed by atoms with van der Waals surface area (Å²) in [5.41, 5.74) is 3.69. The smallest absolute Gasteiger partial charge is 0.250 e. The van der Waals surface area contributed by atoms with Gasteiger partial charge in [-0.3, -0.25) is 9.20 Å². The van der Waals surface area contributed by atoms with Crippen molar-refractivity contribution in [2.75, 3.05) is 0 Å². The Morgan fingerprint density at radius 1 is 1.25 bits per heavy atom. The third-order valence-electron chi connectivity index (χ3n) is 3.45. The van der Waals surface area contributed by atoms with Crippen molar-refractivity contribution in [3.8, 4) is 11.6 Å². The predicted molar refractivity (Wildman–Crippen MR) is 79.2 cm³/mol. The molecule has 0 atom stereocenters. The molecule has 3 aromatic rings. The van der Waals surface area contributed by atoms with Crippen LogP contribution in [-0.4, -0.2) is 15.7 Å². The Hall–Kier alpha value is -2.14. The van der Waals surface area contributed by atoms with Gasteiger partial charge in [-0.25, -0.2) is 0 Å². The lowest BCUT2D eigenvalue weighted by molar-refractivity contribution is 0.111. The van der Waals surface area contributed by atoms with Gasteiger partial charge < -0.3 is 4.74 Å². The molecule has 0 saturated carbocycles. The third-order valence-corrected chi connectivity index (χ3v) is 4.21. The summed E-state index contributed by atoms with van der Waals surface area (Å²) >= 11 is 1.47. The van der Waals surface area contributed by atoms with Crippen molar-refractivity contribution < 1.29 is 9.53 Å². The second-order valence-corrected chi connectivity index (χ2v) is 5.60. The number of rotatable bonds is 3. The maximum Gasteiger partial charge on any atom is 0.250 e. The summed E-state index contributed by atoms with van der Waals surface area (Å²) in [6.45, 7) is 6.03. The third kappa shape index (κ3) is 1.91. The van der Waals surface area contributed by atoms with Gasteiger partial charge in [0.15, 0.2) is 16.9 Å². The molecular formula is C15H14N2O2S. The molecule has 2 aromatic heterocycles. The normalized spacial score (nSPS) is 10.9. The summed E-state index contributed by atoms with van der Waals surface area (Å²) < 4.78 is 7.67. The van der Waals surface area contributed by atoms with Crippen LogP contribution >= 0.6 is 11.3 Å². The van der Waals surface area contributed by atoms with Gasteiger partial charge in [0.2, 0.25) is 5.88 Å². The molecule has 0 aliphatic rings. The van der Waals surface area contributed by atoms with E-state index in [1.54, 1.807) is 4.40 Å². The second kappa shape index (κ2) is 4.76. The van der Waals surface area contributed by atoms with Crippen LogP contribution in [0.25, 0.3) is 4.96 Å². The fraction of sp³-hybridized carbons (Fsp3) is 0.200. The van der Waals surface area contributed by atoms with E-state index in [0.717, 1.165) is 33.7 Å². The number of hydrogen-bond donors (Lipinski definition) is 0. The Labute approximate surface area is 120 Å². The van der Waals surface area contributed by atoms with Gasteiger partial charge in [-0.05, 0) is 37.5 Å². The first-order chi connectivity index (χ1) is 9.61. The summed E-state index contributed by atoms with van der Waals surface area (Å²) in [5, 5.41) is 1.89. The first-order valence-corrected chi connectivity index (χ1v) is 7.15. The van der Waals surface area contributed by atoms with Crippen LogP contribution in [0.3, 0.4) is 0 Å². The Morgan fingerprint density at radius 2 is 2.00 bits per heavy atom. The van der Waals surface area contributed by atoms with Crippen molar-refractivity contribution in [2.45, 2.75) is 20.8 Å². The number of aromatic nitrogens is 2. The molecule has 2 heterocycles. The minimum atomic E-state index is 0.364. The summed E-state index contributed by atoms with van der Waals surface area (Å²) in [4.78, 5) is 16.4. The SMILES string of the molecule is Cc1ccc(C)c(Oc2nc3sccn3c2C=O)c1C. The summed E-state index contributed by atoms with van der Waals surface area (Å²) in [7, 11) is 0. The number of carbonyl (C=O) groups excluding carboxylic acids is 1. The van der Waals surface area contributed by atoms with E-state index >= 15 is 0 Å². The standard InChI is InChI=1S/C15H14N2O2S/c1-9-4-5-10(2)13(11(9)3)19-14-12(8-18)17-6-7-20-15(17)16-14/h4-8H,1-3H3. The van der Waals surface area contributed by atoms with E-state index in [2.05, 4.69) is 11.1 Å². The first-order valence-electron chi connectivity index (χ1n) is 6.27. The highest BCUT2D eigenvalue weighted by Crippen LogP contribution is 2.32. The van der Waals surface area contributed by atoms with E-state index in [-0.39, 0.29) is 0 Å². The van der Waals surface area contributed by atoms with Crippen LogP contribution in [0, 0.1) is 20.8 Å². The van der Waals surface area contributed by atoms with E-state index in [4.69, 9.17) is 4.74 Å². The Morgan fingerprint density at radius 3 is 2.75 bits per heavy atom. The average molecular weight is 286 g/mol. The second-order valence-electron chi connectivity index (χ2n) is 4.73. The molecule has 4 nitrogen and oxygen atoms in total. The van der Waals surface area contributed by atoms with Crippen molar-refractivity contribution in [3.63, 3.8) is 0 Å². The van der Waals surface area contributed by atoms with E-state index in [1.807, 2.05) is 38.4 Å². The molecule has 1 aromatic carbocycles. The number of nitrogens with zero attached hydrogens (tertiary/aromatic N) is 2.